The van der Waals surface area contributed by atoms with Crippen LogP contribution in [0, 0.1) is 5.92 Å². The van der Waals surface area contributed by atoms with E-state index in [1.807, 2.05) is 17.9 Å². The standard InChI is InChI=1S/C10H16N2/c1-5-10(8(2)3)9-6-11-12(4)7-9/h5-8H,1-4H3/b10-5-. The largest absolute Gasteiger partial charge is 0.275 e. The average molecular weight is 164 g/mol. The molecule has 0 aromatic carbocycles. The highest BCUT2D eigenvalue weighted by Crippen LogP contribution is 2.21. The second-order valence-corrected chi connectivity index (χ2v) is 3.30. The third-order valence-electron chi connectivity index (χ3n) is 1.97. The Hall–Kier alpha value is -1.05. The Balaban J connectivity index is 2.96. The molecule has 2 nitrogen and oxygen atoms in total. The Kier molecular flexibility index (Phi) is 2.69. The highest BCUT2D eigenvalue weighted by Gasteiger charge is 2.06. The van der Waals surface area contributed by atoms with Gasteiger partial charge in [-0.2, -0.15) is 5.10 Å². The molecule has 1 rings (SSSR count). The number of rotatable bonds is 2. The summed E-state index contributed by atoms with van der Waals surface area (Å²) in [6.07, 6.45) is 6.12. The first-order valence-electron chi connectivity index (χ1n) is 4.30. The molecule has 0 aliphatic heterocycles. The lowest BCUT2D eigenvalue weighted by molar-refractivity contribution is 0.767. The maximum atomic E-state index is 4.14. The zero-order valence-electron chi connectivity index (χ0n) is 8.20. The van der Waals surface area contributed by atoms with E-state index < -0.39 is 0 Å². The van der Waals surface area contributed by atoms with Crippen molar-refractivity contribution in [3.8, 4) is 0 Å². The summed E-state index contributed by atoms with van der Waals surface area (Å²) in [4.78, 5) is 0. The molecule has 0 amide bonds. The molecule has 0 fully saturated rings. The Morgan fingerprint density at radius 2 is 2.25 bits per heavy atom. The summed E-state index contributed by atoms with van der Waals surface area (Å²) < 4.78 is 1.83. The van der Waals surface area contributed by atoms with Crippen LogP contribution in [-0.2, 0) is 7.05 Å². The Morgan fingerprint density at radius 3 is 2.58 bits per heavy atom. The van der Waals surface area contributed by atoms with Crippen LogP contribution in [0.25, 0.3) is 5.57 Å². The third kappa shape index (κ3) is 1.76. The molecule has 1 aromatic rings. The summed E-state index contributed by atoms with van der Waals surface area (Å²) in [5, 5.41) is 4.14. The predicted octanol–water partition coefficient (Wildman–Crippen LogP) is 2.48. The summed E-state index contributed by atoms with van der Waals surface area (Å²) >= 11 is 0. The van der Waals surface area contributed by atoms with E-state index in [1.165, 1.54) is 11.1 Å². The summed E-state index contributed by atoms with van der Waals surface area (Å²) in [6, 6.07) is 0. The predicted molar refractivity (Wildman–Crippen MR) is 51.7 cm³/mol. The normalized spacial score (nSPS) is 12.6. The van der Waals surface area contributed by atoms with Crippen LogP contribution >= 0.6 is 0 Å². The molecule has 0 bridgehead atoms. The molecule has 0 unspecified atom stereocenters. The summed E-state index contributed by atoms with van der Waals surface area (Å²) in [5.74, 6) is 0.569. The number of nitrogens with zero attached hydrogens (tertiary/aromatic N) is 2. The fraction of sp³-hybridized carbons (Fsp3) is 0.500. The monoisotopic (exact) mass is 164 g/mol. The van der Waals surface area contributed by atoms with Gasteiger partial charge in [0.05, 0.1) is 6.20 Å². The van der Waals surface area contributed by atoms with E-state index in [0.29, 0.717) is 5.92 Å². The number of allylic oxidation sites excluding steroid dienone is 2. The minimum Gasteiger partial charge on any atom is -0.275 e. The van der Waals surface area contributed by atoms with Gasteiger partial charge in [-0.1, -0.05) is 19.9 Å². The van der Waals surface area contributed by atoms with Gasteiger partial charge in [0.15, 0.2) is 0 Å². The molecule has 0 spiro atoms. The van der Waals surface area contributed by atoms with Crippen molar-refractivity contribution in [3.05, 3.63) is 24.0 Å². The van der Waals surface area contributed by atoms with Crippen LogP contribution in [0.5, 0.6) is 0 Å². The van der Waals surface area contributed by atoms with Gasteiger partial charge in [-0.25, -0.2) is 0 Å². The Bertz CT molecular complexity index is 282. The van der Waals surface area contributed by atoms with Crippen molar-refractivity contribution in [1.82, 2.24) is 9.78 Å². The number of hydrogen-bond donors (Lipinski definition) is 0. The third-order valence-corrected chi connectivity index (χ3v) is 1.97. The van der Waals surface area contributed by atoms with Crippen molar-refractivity contribution >= 4 is 5.57 Å². The molecule has 12 heavy (non-hydrogen) atoms. The molecular weight excluding hydrogens is 148 g/mol. The van der Waals surface area contributed by atoms with E-state index in [0.717, 1.165) is 0 Å². The van der Waals surface area contributed by atoms with Crippen LogP contribution in [-0.4, -0.2) is 9.78 Å². The SMILES string of the molecule is C/C=C(\c1cnn(C)c1)C(C)C. The van der Waals surface area contributed by atoms with Crippen LogP contribution in [0.3, 0.4) is 0 Å². The van der Waals surface area contributed by atoms with Crippen LogP contribution in [0.2, 0.25) is 0 Å². The van der Waals surface area contributed by atoms with E-state index in [9.17, 15) is 0 Å². The molecule has 0 saturated carbocycles. The van der Waals surface area contributed by atoms with Gasteiger partial charge >= 0.3 is 0 Å². The number of aromatic nitrogens is 2. The zero-order chi connectivity index (χ0) is 9.14. The summed E-state index contributed by atoms with van der Waals surface area (Å²) in [5.41, 5.74) is 2.60. The van der Waals surface area contributed by atoms with Gasteiger partial charge in [0.2, 0.25) is 0 Å². The zero-order valence-corrected chi connectivity index (χ0v) is 8.20. The van der Waals surface area contributed by atoms with E-state index >= 15 is 0 Å². The fourth-order valence-corrected chi connectivity index (χ4v) is 1.40. The highest BCUT2D eigenvalue weighted by molar-refractivity contribution is 5.65. The molecule has 2 heteroatoms. The highest BCUT2D eigenvalue weighted by atomic mass is 15.2. The van der Waals surface area contributed by atoms with Crippen LogP contribution in [0.4, 0.5) is 0 Å². The lowest BCUT2D eigenvalue weighted by Gasteiger charge is -2.07. The van der Waals surface area contributed by atoms with E-state index in [2.05, 4.69) is 38.1 Å². The minimum absolute atomic E-state index is 0.569. The average Bonchev–Trinajstić information content (AvgIpc) is 2.37. The first-order chi connectivity index (χ1) is 5.65. The Morgan fingerprint density at radius 1 is 1.58 bits per heavy atom. The second-order valence-electron chi connectivity index (χ2n) is 3.30. The van der Waals surface area contributed by atoms with Crippen LogP contribution in [0.1, 0.15) is 26.3 Å². The first kappa shape index (κ1) is 9.04. The molecule has 0 radical (unpaired) electrons. The maximum absolute atomic E-state index is 4.14. The molecule has 0 atom stereocenters. The fourth-order valence-electron chi connectivity index (χ4n) is 1.40. The molecule has 0 aliphatic rings. The minimum atomic E-state index is 0.569. The summed E-state index contributed by atoms with van der Waals surface area (Å²) in [7, 11) is 1.94. The molecule has 0 saturated heterocycles. The van der Waals surface area contributed by atoms with Crippen molar-refractivity contribution in [3.63, 3.8) is 0 Å². The quantitative estimate of drug-likeness (QED) is 0.656. The van der Waals surface area contributed by atoms with Crippen molar-refractivity contribution in [1.29, 1.82) is 0 Å². The maximum Gasteiger partial charge on any atom is 0.0564 e. The molecule has 1 heterocycles. The molecule has 1 aromatic heterocycles. The number of aryl methyl sites for hydroxylation is 1. The van der Waals surface area contributed by atoms with Gasteiger partial charge in [-0.05, 0) is 18.4 Å². The van der Waals surface area contributed by atoms with Gasteiger partial charge in [-0.3, -0.25) is 4.68 Å². The molecule has 0 aliphatic carbocycles. The Labute approximate surface area is 73.9 Å². The van der Waals surface area contributed by atoms with E-state index in [-0.39, 0.29) is 0 Å². The van der Waals surface area contributed by atoms with Crippen molar-refractivity contribution in [2.75, 3.05) is 0 Å². The van der Waals surface area contributed by atoms with Gasteiger partial charge in [0.25, 0.3) is 0 Å². The first-order valence-corrected chi connectivity index (χ1v) is 4.30. The van der Waals surface area contributed by atoms with Gasteiger partial charge in [0.1, 0.15) is 0 Å². The lowest BCUT2D eigenvalue weighted by atomic mass is 9.98. The van der Waals surface area contributed by atoms with Crippen molar-refractivity contribution in [2.45, 2.75) is 20.8 Å². The van der Waals surface area contributed by atoms with Crippen LogP contribution < -0.4 is 0 Å². The van der Waals surface area contributed by atoms with Gasteiger partial charge < -0.3 is 0 Å². The van der Waals surface area contributed by atoms with Gasteiger partial charge in [0, 0.05) is 18.8 Å². The smallest absolute Gasteiger partial charge is 0.0564 e. The summed E-state index contributed by atoms with van der Waals surface area (Å²) in [6.45, 7) is 6.47. The molecule has 66 valence electrons. The molecule has 0 N–H and O–H groups in total. The van der Waals surface area contributed by atoms with Crippen LogP contribution in [0.15, 0.2) is 18.5 Å². The van der Waals surface area contributed by atoms with E-state index in [1.54, 1.807) is 0 Å². The molecular formula is C10H16N2. The van der Waals surface area contributed by atoms with Crippen molar-refractivity contribution in [2.24, 2.45) is 13.0 Å². The van der Waals surface area contributed by atoms with E-state index in [4.69, 9.17) is 0 Å². The lowest BCUT2D eigenvalue weighted by Crippen LogP contribution is -1.91. The van der Waals surface area contributed by atoms with Gasteiger partial charge in [-0.15, -0.1) is 0 Å². The topological polar surface area (TPSA) is 17.8 Å². The second kappa shape index (κ2) is 3.57. The number of hydrogen-bond acceptors (Lipinski definition) is 1. The van der Waals surface area contributed by atoms with Crippen molar-refractivity contribution < 1.29 is 0 Å².